The van der Waals surface area contributed by atoms with E-state index in [1.54, 1.807) is 18.2 Å². The van der Waals surface area contributed by atoms with Crippen LogP contribution in [0, 0.1) is 5.82 Å². The fraction of sp³-hybridized carbons (Fsp3) is 0.133. The van der Waals surface area contributed by atoms with Gasteiger partial charge in [-0.05, 0) is 42.3 Å². The second kappa shape index (κ2) is 7.21. The van der Waals surface area contributed by atoms with Gasteiger partial charge in [0, 0.05) is 12.2 Å². The van der Waals surface area contributed by atoms with Crippen molar-refractivity contribution in [2.75, 3.05) is 11.9 Å². The maximum absolute atomic E-state index is 13.4. The number of carbonyl (C=O) groups excluding carboxylic acids is 1. The van der Waals surface area contributed by atoms with Crippen LogP contribution in [0.15, 0.2) is 53.4 Å². The summed E-state index contributed by atoms with van der Waals surface area (Å²) in [4.78, 5) is 11.4. The molecule has 3 N–H and O–H groups in total. The quantitative estimate of drug-likeness (QED) is 0.730. The van der Waals surface area contributed by atoms with Gasteiger partial charge in [0.2, 0.25) is 0 Å². The molecule has 0 saturated heterocycles. The Kier molecular flexibility index (Phi) is 5.30. The predicted octanol–water partition coefficient (Wildman–Crippen LogP) is 2.44. The first-order valence-corrected chi connectivity index (χ1v) is 8.16. The van der Waals surface area contributed by atoms with Gasteiger partial charge < -0.3 is 10.6 Å². The summed E-state index contributed by atoms with van der Waals surface area (Å²) < 4.78 is 44.0. The third-order valence-corrected chi connectivity index (χ3v) is 3.92. The molecule has 0 unspecified atom stereocenters. The molecule has 2 amide bonds. The second-order valence-electron chi connectivity index (χ2n) is 4.72. The molecule has 2 aromatic rings. The third-order valence-electron chi connectivity index (χ3n) is 3.05. The molecule has 2 aromatic carbocycles. The fourth-order valence-electron chi connectivity index (χ4n) is 1.90. The van der Waals surface area contributed by atoms with Crippen molar-refractivity contribution in [2.45, 2.75) is 11.3 Å². The zero-order chi connectivity index (χ0) is 16.9. The molecule has 0 saturated carbocycles. The highest BCUT2D eigenvalue weighted by molar-refractivity contribution is 7.85. The Labute approximate surface area is 133 Å². The van der Waals surface area contributed by atoms with Crippen molar-refractivity contribution >= 4 is 21.8 Å². The number of hydrogen-bond donors (Lipinski definition) is 3. The average molecular weight is 338 g/mol. The van der Waals surface area contributed by atoms with Gasteiger partial charge in [0.05, 0.1) is 4.90 Å². The van der Waals surface area contributed by atoms with Crippen molar-refractivity contribution in [3.63, 3.8) is 0 Å². The number of urea groups is 1. The minimum absolute atomic E-state index is 0.246. The molecule has 0 atom stereocenters. The minimum Gasteiger partial charge on any atom is -0.338 e. The van der Waals surface area contributed by atoms with E-state index in [1.807, 2.05) is 0 Å². The lowest BCUT2D eigenvalue weighted by Gasteiger charge is -2.08. The van der Waals surface area contributed by atoms with E-state index in [1.165, 1.54) is 30.3 Å². The van der Waals surface area contributed by atoms with E-state index < -0.39 is 16.1 Å². The first kappa shape index (κ1) is 16.9. The Hall–Kier alpha value is -2.45. The van der Waals surface area contributed by atoms with E-state index in [-0.39, 0.29) is 17.3 Å². The summed E-state index contributed by atoms with van der Waals surface area (Å²) in [5, 5.41) is 5.07. The molecule has 122 valence electrons. The number of hydrogen-bond acceptors (Lipinski definition) is 3. The lowest BCUT2D eigenvalue weighted by atomic mass is 10.1. The first-order valence-electron chi connectivity index (χ1n) is 6.72. The topological polar surface area (TPSA) is 95.5 Å². The zero-order valence-electron chi connectivity index (χ0n) is 12.0. The van der Waals surface area contributed by atoms with E-state index in [9.17, 15) is 17.6 Å². The minimum atomic E-state index is -4.26. The van der Waals surface area contributed by atoms with Crippen LogP contribution in [-0.2, 0) is 16.5 Å². The van der Waals surface area contributed by atoms with Crippen LogP contribution >= 0.6 is 0 Å². The third kappa shape index (κ3) is 5.04. The molecule has 0 spiro atoms. The van der Waals surface area contributed by atoms with Crippen molar-refractivity contribution in [1.29, 1.82) is 0 Å². The van der Waals surface area contributed by atoms with E-state index in [4.69, 9.17) is 4.55 Å². The molecule has 0 aliphatic carbocycles. The van der Waals surface area contributed by atoms with Crippen molar-refractivity contribution in [3.8, 4) is 0 Å². The van der Waals surface area contributed by atoms with Gasteiger partial charge in [-0.3, -0.25) is 4.55 Å². The van der Waals surface area contributed by atoms with Gasteiger partial charge in [0.1, 0.15) is 5.82 Å². The van der Waals surface area contributed by atoms with Crippen LogP contribution in [0.25, 0.3) is 0 Å². The molecule has 0 radical (unpaired) electrons. The highest BCUT2D eigenvalue weighted by atomic mass is 32.2. The largest absolute Gasteiger partial charge is 0.338 e. The number of carbonyl (C=O) groups is 1. The normalized spacial score (nSPS) is 11.0. The van der Waals surface area contributed by atoms with Gasteiger partial charge in [-0.25, -0.2) is 9.18 Å². The van der Waals surface area contributed by atoms with E-state index in [2.05, 4.69) is 10.6 Å². The number of benzene rings is 2. The molecular weight excluding hydrogens is 323 g/mol. The van der Waals surface area contributed by atoms with E-state index in [0.29, 0.717) is 17.7 Å². The Morgan fingerprint density at radius 3 is 2.35 bits per heavy atom. The SMILES string of the molecule is O=C(NCCc1ccccc1F)Nc1ccc(S(=O)(=O)O)cc1. The lowest BCUT2D eigenvalue weighted by Crippen LogP contribution is -2.30. The Morgan fingerprint density at radius 1 is 1.09 bits per heavy atom. The van der Waals surface area contributed by atoms with Gasteiger partial charge in [0.25, 0.3) is 10.1 Å². The number of amides is 2. The van der Waals surface area contributed by atoms with Gasteiger partial charge in [-0.1, -0.05) is 18.2 Å². The smallest absolute Gasteiger partial charge is 0.319 e. The molecule has 0 heterocycles. The number of halogens is 1. The van der Waals surface area contributed by atoms with Crippen LogP contribution in [-0.4, -0.2) is 25.5 Å². The molecule has 2 rings (SSSR count). The summed E-state index contributed by atoms with van der Waals surface area (Å²) in [6.45, 7) is 0.246. The maximum atomic E-state index is 13.4. The monoisotopic (exact) mass is 338 g/mol. The molecule has 23 heavy (non-hydrogen) atoms. The van der Waals surface area contributed by atoms with E-state index in [0.717, 1.165) is 0 Å². The van der Waals surface area contributed by atoms with Crippen molar-refractivity contribution in [1.82, 2.24) is 5.32 Å². The van der Waals surface area contributed by atoms with E-state index >= 15 is 0 Å². The van der Waals surface area contributed by atoms with Gasteiger partial charge in [-0.15, -0.1) is 0 Å². The fourth-order valence-corrected chi connectivity index (χ4v) is 2.38. The molecule has 0 bridgehead atoms. The van der Waals surface area contributed by atoms with Crippen LogP contribution in [0.1, 0.15) is 5.56 Å². The highest BCUT2D eigenvalue weighted by Gasteiger charge is 2.09. The summed E-state index contributed by atoms with van der Waals surface area (Å²) in [6, 6.07) is 10.8. The molecular formula is C15H15FN2O4S. The van der Waals surface area contributed by atoms with Crippen molar-refractivity contribution in [2.24, 2.45) is 0 Å². The Morgan fingerprint density at radius 2 is 1.74 bits per heavy atom. The molecule has 6 nitrogen and oxygen atoms in total. The Bertz CT molecular complexity index is 791. The van der Waals surface area contributed by atoms with Crippen LogP contribution < -0.4 is 10.6 Å². The van der Waals surface area contributed by atoms with Crippen LogP contribution in [0.2, 0.25) is 0 Å². The number of anilines is 1. The highest BCUT2D eigenvalue weighted by Crippen LogP contribution is 2.13. The molecule has 8 heteroatoms. The standard InChI is InChI=1S/C15H15FN2O4S/c16-14-4-2-1-3-11(14)9-10-17-15(19)18-12-5-7-13(8-6-12)23(20,21)22/h1-8H,9-10H2,(H2,17,18,19)(H,20,21,22). The average Bonchev–Trinajstić information content (AvgIpc) is 2.49. The maximum Gasteiger partial charge on any atom is 0.319 e. The lowest BCUT2D eigenvalue weighted by molar-refractivity contribution is 0.252. The van der Waals surface area contributed by atoms with Crippen molar-refractivity contribution < 1.29 is 22.2 Å². The molecule has 0 aliphatic rings. The second-order valence-corrected chi connectivity index (χ2v) is 6.14. The molecule has 0 aromatic heterocycles. The zero-order valence-corrected chi connectivity index (χ0v) is 12.8. The van der Waals surface area contributed by atoms with Gasteiger partial charge in [-0.2, -0.15) is 8.42 Å². The summed E-state index contributed by atoms with van der Waals surface area (Å²) in [5.41, 5.74) is 0.867. The number of rotatable bonds is 5. The summed E-state index contributed by atoms with van der Waals surface area (Å²) in [5.74, 6) is -0.324. The van der Waals surface area contributed by atoms with Crippen LogP contribution in [0.3, 0.4) is 0 Å². The summed E-state index contributed by atoms with van der Waals surface area (Å²) >= 11 is 0. The van der Waals surface area contributed by atoms with Crippen LogP contribution in [0.4, 0.5) is 14.9 Å². The first-order chi connectivity index (χ1) is 10.9. The summed E-state index contributed by atoms with van der Waals surface area (Å²) in [7, 11) is -4.26. The molecule has 0 fully saturated rings. The molecule has 0 aliphatic heterocycles. The number of nitrogens with one attached hydrogen (secondary N) is 2. The predicted molar refractivity (Wildman–Crippen MR) is 83.4 cm³/mol. The van der Waals surface area contributed by atoms with Gasteiger partial charge >= 0.3 is 6.03 Å². The summed E-state index contributed by atoms with van der Waals surface area (Å²) in [6.07, 6.45) is 0.349. The van der Waals surface area contributed by atoms with Crippen molar-refractivity contribution in [3.05, 3.63) is 59.9 Å². The van der Waals surface area contributed by atoms with Crippen LogP contribution in [0.5, 0.6) is 0 Å². The van der Waals surface area contributed by atoms with Gasteiger partial charge in [0.15, 0.2) is 0 Å². The Balaban J connectivity index is 1.84.